The fourth-order valence-electron chi connectivity index (χ4n) is 3.62. The minimum atomic E-state index is -0.857. The van der Waals surface area contributed by atoms with Crippen molar-refractivity contribution in [2.45, 2.75) is 39.2 Å². The summed E-state index contributed by atoms with van der Waals surface area (Å²) in [6.45, 7) is 7.61. The molecule has 26 heavy (non-hydrogen) atoms. The Morgan fingerprint density at radius 2 is 2.19 bits per heavy atom. The van der Waals surface area contributed by atoms with E-state index in [2.05, 4.69) is 29.9 Å². The van der Waals surface area contributed by atoms with Gasteiger partial charge in [-0.05, 0) is 56.5 Å². The number of hydrogen-bond acceptors (Lipinski definition) is 4. The van der Waals surface area contributed by atoms with Crippen LogP contribution in [0.1, 0.15) is 35.6 Å². The van der Waals surface area contributed by atoms with Gasteiger partial charge in [-0.1, -0.05) is 12.1 Å². The lowest BCUT2D eigenvalue weighted by Crippen LogP contribution is -2.37. The molecule has 2 aromatic rings. The average Bonchev–Trinajstić information content (AvgIpc) is 3.06. The predicted molar refractivity (Wildman–Crippen MR) is 99.7 cm³/mol. The Bertz CT molecular complexity index is 757. The fourth-order valence-corrected chi connectivity index (χ4v) is 3.62. The number of hydrogen-bond donors (Lipinski definition) is 1. The van der Waals surface area contributed by atoms with Gasteiger partial charge in [0.2, 0.25) is 0 Å². The van der Waals surface area contributed by atoms with Crippen molar-refractivity contribution in [1.29, 1.82) is 0 Å². The van der Waals surface area contributed by atoms with E-state index < -0.39 is 5.97 Å². The van der Waals surface area contributed by atoms with Gasteiger partial charge in [0, 0.05) is 30.9 Å². The summed E-state index contributed by atoms with van der Waals surface area (Å²) in [5, 5.41) is 13.2. The van der Waals surface area contributed by atoms with Crippen LogP contribution in [0, 0.1) is 13.8 Å². The molecule has 1 fully saturated rings. The lowest BCUT2D eigenvalue weighted by atomic mass is 9.94. The van der Waals surface area contributed by atoms with E-state index in [-0.39, 0.29) is 6.54 Å². The van der Waals surface area contributed by atoms with Crippen LogP contribution in [0.25, 0.3) is 0 Å². The number of aryl methyl sites for hydroxylation is 1. The van der Waals surface area contributed by atoms with Gasteiger partial charge in [0.05, 0.1) is 0 Å². The number of benzene rings is 1. The van der Waals surface area contributed by atoms with Crippen molar-refractivity contribution in [3.8, 4) is 5.75 Å². The van der Waals surface area contributed by atoms with Crippen molar-refractivity contribution in [3.05, 3.63) is 47.3 Å². The largest absolute Gasteiger partial charge is 0.492 e. The number of likely N-dealkylation sites (tertiary alicyclic amines) is 1. The van der Waals surface area contributed by atoms with E-state index in [1.165, 1.54) is 11.1 Å². The highest BCUT2D eigenvalue weighted by Gasteiger charge is 2.24. The third kappa shape index (κ3) is 4.43. The molecule has 6 nitrogen and oxygen atoms in total. The van der Waals surface area contributed by atoms with Crippen molar-refractivity contribution in [2.75, 3.05) is 26.2 Å². The van der Waals surface area contributed by atoms with E-state index in [1.807, 2.05) is 18.2 Å². The molecule has 0 radical (unpaired) electrons. The molecular weight excluding hydrogens is 330 g/mol. The molecule has 0 aliphatic carbocycles. The topological polar surface area (TPSA) is 67.6 Å². The molecule has 1 aromatic carbocycles. The number of aliphatic carboxylic acids is 1. The first-order valence-electron chi connectivity index (χ1n) is 9.19. The summed E-state index contributed by atoms with van der Waals surface area (Å²) in [6, 6.07) is 8.09. The van der Waals surface area contributed by atoms with Crippen molar-refractivity contribution in [1.82, 2.24) is 14.7 Å². The molecule has 6 heteroatoms. The molecule has 0 unspecified atom stereocenters. The molecule has 1 aliphatic heterocycles. The standard InChI is InChI=1S/C20H27N3O3/c1-15-5-3-7-19(16(15)2)26-12-11-22-10-4-6-17(13-22)18-8-9-21-23(18)14-20(24)25/h3,5,7-9,17H,4,6,10-14H2,1-2H3,(H,24,25)/t17-/m1/s1. The van der Waals surface area contributed by atoms with Gasteiger partial charge in [-0.3, -0.25) is 14.4 Å². The van der Waals surface area contributed by atoms with Crippen molar-refractivity contribution < 1.29 is 14.6 Å². The number of carboxylic acids is 1. The lowest BCUT2D eigenvalue weighted by Gasteiger charge is -2.32. The Labute approximate surface area is 154 Å². The monoisotopic (exact) mass is 357 g/mol. The molecule has 0 bridgehead atoms. The second-order valence-electron chi connectivity index (χ2n) is 6.99. The highest BCUT2D eigenvalue weighted by atomic mass is 16.5. The number of carboxylic acid groups (broad SMARTS) is 1. The smallest absolute Gasteiger partial charge is 0.325 e. The first-order chi connectivity index (χ1) is 12.5. The van der Waals surface area contributed by atoms with E-state index in [4.69, 9.17) is 9.84 Å². The zero-order chi connectivity index (χ0) is 18.5. The summed E-state index contributed by atoms with van der Waals surface area (Å²) in [4.78, 5) is 13.4. The molecule has 140 valence electrons. The SMILES string of the molecule is Cc1cccc(OCCN2CCC[C@@H](c3ccnn3CC(=O)O)C2)c1C. The molecule has 1 saturated heterocycles. The molecule has 0 saturated carbocycles. The number of piperidine rings is 1. The van der Waals surface area contributed by atoms with Crippen molar-refractivity contribution in [3.63, 3.8) is 0 Å². The van der Waals surface area contributed by atoms with Gasteiger partial charge in [-0.2, -0.15) is 5.10 Å². The highest BCUT2D eigenvalue weighted by Crippen LogP contribution is 2.27. The van der Waals surface area contributed by atoms with Crippen LogP contribution < -0.4 is 4.74 Å². The summed E-state index contributed by atoms with van der Waals surface area (Å²) in [7, 11) is 0. The third-order valence-electron chi connectivity index (χ3n) is 5.18. The number of nitrogens with zero attached hydrogens (tertiary/aromatic N) is 3. The molecule has 1 aliphatic rings. The van der Waals surface area contributed by atoms with Gasteiger partial charge < -0.3 is 9.84 Å². The maximum absolute atomic E-state index is 11.0. The Morgan fingerprint density at radius 3 is 3.00 bits per heavy atom. The maximum Gasteiger partial charge on any atom is 0.325 e. The zero-order valence-electron chi connectivity index (χ0n) is 15.5. The maximum atomic E-state index is 11.0. The summed E-state index contributed by atoms with van der Waals surface area (Å²) < 4.78 is 7.60. The third-order valence-corrected chi connectivity index (χ3v) is 5.18. The summed E-state index contributed by atoms with van der Waals surface area (Å²) in [5.41, 5.74) is 3.46. The first-order valence-corrected chi connectivity index (χ1v) is 9.19. The summed E-state index contributed by atoms with van der Waals surface area (Å²) in [6.07, 6.45) is 3.87. The first kappa shape index (κ1) is 18.5. The summed E-state index contributed by atoms with van der Waals surface area (Å²) in [5.74, 6) is 0.425. The van der Waals surface area contributed by atoms with Gasteiger partial charge >= 0.3 is 5.97 Å². The summed E-state index contributed by atoms with van der Waals surface area (Å²) >= 11 is 0. The van der Waals surface area contributed by atoms with Crippen LogP contribution >= 0.6 is 0 Å². The molecule has 1 N–H and O–H groups in total. The van der Waals surface area contributed by atoms with Crippen molar-refractivity contribution >= 4 is 5.97 Å². The fraction of sp³-hybridized carbons (Fsp3) is 0.500. The number of aromatic nitrogens is 2. The minimum absolute atomic E-state index is 0.0748. The highest BCUT2D eigenvalue weighted by molar-refractivity contribution is 5.66. The second kappa shape index (κ2) is 8.36. The van der Waals surface area contributed by atoms with Crippen molar-refractivity contribution in [2.24, 2.45) is 0 Å². The minimum Gasteiger partial charge on any atom is -0.492 e. The molecule has 1 aromatic heterocycles. The number of ether oxygens (including phenoxy) is 1. The molecule has 2 heterocycles. The lowest BCUT2D eigenvalue weighted by molar-refractivity contribution is -0.137. The van der Waals surface area contributed by atoms with Crippen LogP contribution in [0.5, 0.6) is 5.75 Å². The number of carbonyl (C=O) groups is 1. The van der Waals surface area contributed by atoms with E-state index in [0.29, 0.717) is 12.5 Å². The van der Waals surface area contributed by atoms with E-state index in [9.17, 15) is 4.79 Å². The van der Waals surface area contributed by atoms with Crippen LogP contribution in [0.2, 0.25) is 0 Å². The Hall–Kier alpha value is -2.34. The van der Waals surface area contributed by atoms with Gasteiger partial charge in [0.15, 0.2) is 0 Å². The normalized spacial score (nSPS) is 18.0. The molecule has 3 rings (SSSR count). The quantitative estimate of drug-likeness (QED) is 0.825. The van der Waals surface area contributed by atoms with Gasteiger partial charge in [-0.25, -0.2) is 0 Å². The average molecular weight is 357 g/mol. The second-order valence-corrected chi connectivity index (χ2v) is 6.99. The zero-order valence-corrected chi connectivity index (χ0v) is 15.5. The number of rotatable bonds is 7. The molecule has 0 amide bonds. The van der Waals surface area contributed by atoms with E-state index in [0.717, 1.165) is 43.9 Å². The predicted octanol–water partition coefficient (Wildman–Crippen LogP) is 2.84. The Kier molecular flexibility index (Phi) is 5.93. The molecular formula is C20H27N3O3. The van der Waals surface area contributed by atoms with Gasteiger partial charge in [0.1, 0.15) is 18.9 Å². The molecule has 1 atom stereocenters. The van der Waals surface area contributed by atoms with Crippen LogP contribution in [0.3, 0.4) is 0 Å². The molecule has 0 spiro atoms. The van der Waals surface area contributed by atoms with Crippen LogP contribution in [0.15, 0.2) is 30.5 Å². The van der Waals surface area contributed by atoms with E-state index >= 15 is 0 Å². The Morgan fingerprint density at radius 1 is 1.35 bits per heavy atom. The van der Waals surface area contributed by atoms with Gasteiger partial charge in [0.25, 0.3) is 0 Å². The van der Waals surface area contributed by atoms with E-state index in [1.54, 1.807) is 10.9 Å². The van der Waals surface area contributed by atoms with Crippen LogP contribution in [-0.2, 0) is 11.3 Å². The van der Waals surface area contributed by atoms with Crippen LogP contribution in [-0.4, -0.2) is 52.0 Å². The van der Waals surface area contributed by atoms with Crippen LogP contribution in [0.4, 0.5) is 0 Å². The van der Waals surface area contributed by atoms with Gasteiger partial charge in [-0.15, -0.1) is 0 Å². The Balaban J connectivity index is 1.55.